The van der Waals surface area contributed by atoms with Crippen LogP contribution in [0.25, 0.3) is 10.7 Å². The van der Waals surface area contributed by atoms with Crippen LogP contribution < -0.4 is 5.32 Å². The molecule has 0 saturated heterocycles. The fraction of sp³-hybridized carbons (Fsp3) is 0.364. The molecule has 1 amide bonds. The third-order valence-electron chi connectivity index (χ3n) is 2.21. The summed E-state index contributed by atoms with van der Waals surface area (Å²) in [6.07, 6.45) is 0. The number of nitrogens with one attached hydrogen (secondary N) is 1. The lowest BCUT2D eigenvalue weighted by atomic mass is 10.4. The van der Waals surface area contributed by atoms with Crippen LogP contribution in [0.2, 0.25) is 0 Å². The molecule has 0 aliphatic heterocycles. The molecule has 2 rings (SSSR count). The molecule has 0 aliphatic rings. The molecule has 0 radical (unpaired) electrons. The van der Waals surface area contributed by atoms with E-state index in [1.807, 2.05) is 36.5 Å². The first-order valence-corrected chi connectivity index (χ1v) is 6.35. The number of rotatable bonds is 5. The van der Waals surface area contributed by atoms with E-state index in [2.05, 4.69) is 15.5 Å². The van der Waals surface area contributed by atoms with Gasteiger partial charge in [-0.2, -0.15) is 4.98 Å². The van der Waals surface area contributed by atoms with Crippen LogP contribution in [0.1, 0.15) is 10.7 Å². The Bertz CT molecular complexity index is 507. The zero-order chi connectivity index (χ0) is 13.0. The third-order valence-corrected chi connectivity index (χ3v) is 3.07. The molecule has 2 aromatic heterocycles. The van der Waals surface area contributed by atoms with E-state index in [1.165, 1.54) is 11.3 Å². The van der Waals surface area contributed by atoms with Crippen molar-refractivity contribution < 1.29 is 9.32 Å². The van der Waals surface area contributed by atoms with Crippen molar-refractivity contribution in [2.75, 3.05) is 27.2 Å². The van der Waals surface area contributed by atoms with Crippen molar-refractivity contribution in [2.24, 2.45) is 0 Å². The van der Waals surface area contributed by atoms with Crippen LogP contribution in [0, 0.1) is 0 Å². The smallest absolute Gasteiger partial charge is 0.316 e. The van der Waals surface area contributed by atoms with E-state index < -0.39 is 0 Å². The molecule has 1 N–H and O–H groups in total. The first kappa shape index (κ1) is 12.7. The first-order chi connectivity index (χ1) is 8.66. The molecule has 0 atom stereocenters. The largest absolute Gasteiger partial charge is 0.347 e. The van der Waals surface area contributed by atoms with E-state index in [0.29, 0.717) is 12.4 Å². The Balaban J connectivity index is 1.95. The summed E-state index contributed by atoms with van der Waals surface area (Å²) in [4.78, 5) is 18.6. The molecular weight excluding hydrogens is 252 g/mol. The van der Waals surface area contributed by atoms with Crippen molar-refractivity contribution in [1.29, 1.82) is 0 Å². The van der Waals surface area contributed by atoms with E-state index in [9.17, 15) is 4.79 Å². The van der Waals surface area contributed by atoms with Gasteiger partial charge in [0.15, 0.2) is 0 Å². The van der Waals surface area contributed by atoms with Crippen LogP contribution in [-0.4, -0.2) is 48.1 Å². The molecule has 96 valence electrons. The summed E-state index contributed by atoms with van der Waals surface area (Å²) in [6, 6.07) is 3.77. The van der Waals surface area contributed by atoms with Gasteiger partial charge in [-0.15, -0.1) is 11.3 Å². The number of carbonyl (C=O) groups excluding carboxylic acids is 1. The number of thiophene rings is 1. The monoisotopic (exact) mass is 266 g/mol. The van der Waals surface area contributed by atoms with Crippen LogP contribution in [0.3, 0.4) is 0 Å². The van der Waals surface area contributed by atoms with Gasteiger partial charge in [0, 0.05) is 13.1 Å². The van der Waals surface area contributed by atoms with E-state index >= 15 is 0 Å². The number of aromatic nitrogens is 2. The lowest BCUT2D eigenvalue weighted by molar-refractivity contribution is 0.0907. The maximum atomic E-state index is 11.7. The molecule has 0 saturated carbocycles. The van der Waals surface area contributed by atoms with Gasteiger partial charge in [-0.25, -0.2) is 0 Å². The minimum absolute atomic E-state index is 0.00263. The molecule has 7 heteroatoms. The number of carbonyl (C=O) groups is 1. The Morgan fingerprint density at radius 2 is 2.39 bits per heavy atom. The van der Waals surface area contributed by atoms with Crippen LogP contribution in [0.5, 0.6) is 0 Å². The normalized spacial score (nSPS) is 10.8. The average Bonchev–Trinajstić information content (AvgIpc) is 2.99. The zero-order valence-electron chi connectivity index (χ0n) is 10.2. The van der Waals surface area contributed by atoms with Gasteiger partial charge in [0.2, 0.25) is 5.82 Å². The van der Waals surface area contributed by atoms with Gasteiger partial charge in [-0.05, 0) is 25.5 Å². The Kier molecular flexibility index (Phi) is 4.06. The highest BCUT2D eigenvalue weighted by molar-refractivity contribution is 7.13. The topological polar surface area (TPSA) is 71.3 Å². The van der Waals surface area contributed by atoms with E-state index in [-0.39, 0.29) is 11.8 Å². The lowest BCUT2D eigenvalue weighted by Crippen LogP contribution is -2.31. The van der Waals surface area contributed by atoms with Crippen LogP contribution in [0.4, 0.5) is 0 Å². The summed E-state index contributed by atoms with van der Waals surface area (Å²) < 4.78 is 4.93. The quantitative estimate of drug-likeness (QED) is 0.877. The Labute approximate surface area is 109 Å². The summed E-state index contributed by atoms with van der Waals surface area (Å²) in [7, 11) is 3.88. The number of nitrogens with zero attached hydrogens (tertiary/aromatic N) is 3. The molecule has 18 heavy (non-hydrogen) atoms. The summed E-state index contributed by atoms with van der Waals surface area (Å²) in [5.41, 5.74) is 0. The number of hydrogen-bond donors (Lipinski definition) is 1. The molecule has 0 aliphatic carbocycles. The molecule has 0 bridgehead atoms. The summed E-state index contributed by atoms with van der Waals surface area (Å²) in [5.74, 6) is 0.104. The van der Waals surface area contributed by atoms with Gasteiger partial charge in [-0.3, -0.25) is 4.79 Å². The lowest BCUT2D eigenvalue weighted by Gasteiger charge is -2.08. The van der Waals surface area contributed by atoms with Crippen LogP contribution in [-0.2, 0) is 0 Å². The van der Waals surface area contributed by atoms with Gasteiger partial charge >= 0.3 is 11.8 Å². The molecule has 2 heterocycles. The number of amides is 1. The molecule has 0 aromatic carbocycles. The first-order valence-electron chi connectivity index (χ1n) is 5.47. The molecule has 0 spiro atoms. The highest BCUT2D eigenvalue weighted by Crippen LogP contribution is 2.21. The molecule has 0 unspecified atom stereocenters. The molecular formula is C11H14N4O2S. The summed E-state index contributed by atoms with van der Waals surface area (Å²) in [5, 5.41) is 8.41. The second kappa shape index (κ2) is 5.74. The van der Waals surface area contributed by atoms with Gasteiger partial charge < -0.3 is 14.7 Å². The maximum absolute atomic E-state index is 11.7. The van der Waals surface area contributed by atoms with Crippen molar-refractivity contribution in [3.63, 3.8) is 0 Å². The minimum Gasteiger partial charge on any atom is -0.347 e. The van der Waals surface area contributed by atoms with Crippen molar-refractivity contribution in [2.45, 2.75) is 0 Å². The van der Waals surface area contributed by atoms with E-state index in [0.717, 1.165) is 11.4 Å². The Hall–Kier alpha value is -1.73. The van der Waals surface area contributed by atoms with Gasteiger partial charge in [0.05, 0.1) is 4.88 Å². The number of hydrogen-bond acceptors (Lipinski definition) is 6. The highest BCUT2D eigenvalue weighted by atomic mass is 32.1. The minimum atomic E-state index is -0.341. The Morgan fingerprint density at radius 1 is 1.56 bits per heavy atom. The van der Waals surface area contributed by atoms with Gasteiger partial charge in [0.1, 0.15) is 0 Å². The predicted molar refractivity (Wildman–Crippen MR) is 68.5 cm³/mol. The number of likely N-dealkylation sites (N-methyl/N-ethyl adjacent to an activating group) is 1. The van der Waals surface area contributed by atoms with Crippen molar-refractivity contribution in [1.82, 2.24) is 20.4 Å². The second-order valence-electron chi connectivity index (χ2n) is 3.96. The van der Waals surface area contributed by atoms with Gasteiger partial charge in [0.25, 0.3) is 0 Å². The molecule has 2 aromatic rings. The van der Waals surface area contributed by atoms with E-state index in [4.69, 9.17) is 4.52 Å². The van der Waals surface area contributed by atoms with Crippen molar-refractivity contribution >= 4 is 17.2 Å². The summed E-state index contributed by atoms with van der Waals surface area (Å²) in [6.45, 7) is 1.31. The van der Waals surface area contributed by atoms with Crippen LogP contribution in [0.15, 0.2) is 22.0 Å². The molecule has 6 nitrogen and oxygen atoms in total. The fourth-order valence-corrected chi connectivity index (χ4v) is 1.94. The van der Waals surface area contributed by atoms with Crippen LogP contribution >= 0.6 is 11.3 Å². The highest BCUT2D eigenvalue weighted by Gasteiger charge is 2.15. The summed E-state index contributed by atoms with van der Waals surface area (Å²) >= 11 is 1.50. The predicted octanol–water partition coefficient (Wildman–Crippen LogP) is 1.09. The zero-order valence-corrected chi connectivity index (χ0v) is 11.0. The average molecular weight is 266 g/mol. The van der Waals surface area contributed by atoms with Crippen molar-refractivity contribution in [3.05, 3.63) is 23.4 Å². The fourth-order valence-electron chi connectivity index (χ4n) is 1.29. The SMILES string of the molecule is CN(C)CCNC(=O)c1nc(-c2cccs2)no1. The standard InChI is InChI=1S/C11H14N4O2S/c1-15(2)6-5-12-10(16)11-13-9(14-17-11)8-4-3-7-18-8/h3-4,7H,5-6H2,1-2H3,(H,12,16). The van der Waals surface area contributed by atoms with Crippen molar-refractivity contribution in [3.8, 4) is 10.7 Å². The van der Waals surface area contributed by atoms with E-state index in [1.54, 1.807) is 0 Å². The maximum Gasteiger partial charge on any atom is 0.316 e. The van der Waals surface area contributed by atoms with Gasteiger partial charge in [-0.1, -0.05) is 11.2 Å². The second-order valence-corrected chi connectivity index (χ2v) is 4.91. The molecule has 0 fully saturated rings. The third kappa shape index (κ3) is 3.14. The Morgan fingerprint density at radius 3 is 3.06 bits per heavy atom.